The molecule has 0 aromatic heterocycles. The van der Waals surface area contributed by atoms with Crippen LogP contribution in [-0.2, 0) is 28.6 Å². The zero-order chi connectivity index (χ0) is 59.9. The fraction of sp³-hybridized carbons (Fsp3) is 0.831. The molecule has 0 bridgehead atoms. The minimum atomic E-state index is -0.782. The van der Waals surface area contributed by atoms with E-state index in [4.69, 9.17) is 14.2 Å². The Morgan fingerprint density at radius 2 is 0.458 bits per heavy atom. The van der Waals surface area contributed by atoms with E-state index in [1.54, 1.807) is 0 Å². The lowest BCUT2D eigenvalue weighted by Crippen LogP contribution is -2.30. The standard InChI is InChI=1S/C77H140O6/c1-4-7-10-13-16-19-22-25-27-29-31-33-35-36-37-38-39-40-42-43-45-47-49-52-55-58-61-64-67-70-76(79)82-73-74(72-81-75(78)69-66-63-60-57-54-51-24-21-18-15-12-9-6-3)83-77(80)71-68-65-62-59-56-53-50-48-46-44-41-34-32-30-28-26-23-20-17-14-11-8-5-2/h12,15,21,23-24,26,29-32,74H,4-11,13-14,16-20,22,25,27-28,33-73H2,1-3H3/b15-12-,24-21-,26-23-,31-29-,32-30-. The zero-order valence-electron chi connectivity index (χ0n) is 55.7. The third-order valence-corrected chi connectivity index (χ3v) is 16.4. The van der Waals surface area contributed by atoms with Gasteiger partial charge in [0.2, 0.25) is 0 Å². The van der Waals surface area contributed by atoms with Crippen LogP contribution >= 0.6 is 0 Å². The Morgan fingerprint density at radius 3 is 0.723 bits per heavy atom. The molecule has 6 heteroatoms. The highest BCUT2D eigenvalue weighted by molar-refractivity contribution is 5.71. The average molecular weight is 1160 g/mol. The number of allylic oxidation sites excluding steroid dienone is 10. The Balaban J connectivity index is 4.21. The van der Waals surface area contributed by atoms with Crippen LogP contribution in [0.25, 0.3) is 0 Å². The molecule has 0 aromatic rings. The normalized spacial score (nSPS) is 12.4. The average Bonchev–Trinajstić information content (AvgIpc) is 3.49. The lowest BCUT2D eigenvalue weighted by molar-refractivity contribution is -0.167. The second-order valence-electron chi connectivity index (χ2n) is 24.8. The molecule has 0 aliphatic heterocycles. The molecule has 0 aliphatic rings. The summed E-state index contributed by atoms with van der Waals surface area (Å²) in [7, 11) is 0. The summed E-state index contributed by atoms with van der Waals surface area (Å²) in [5.41, 5.74) is 0. The Bertz CT molecular complexity index is 1470. The summed E-state index contributed by atoms with van der Waals surface area (Å²) in [5.74, 6) is -0.869. The fourth-order valence-electron chi connectivity index (χ4n) is 10.9. The van der Waals surface area contributed by atoms with E-state index >= 15 is 0 Å². The van der Waals surface area contributed by atoms with Crippen molar-refractivity contribution < 1.29 is 28.6 Å². The molecule has 6 nitrogen and oxygen atoms in total. The molecule has 0 rings (SSSR count). The van der Waals surface area contributed by atoms with Gasteiger partial charge in [-0.3, -0.25) is 14.4 Å². The van der Waals surface area contributed by atoms with Crippen LogP contribution < -0.4 is 0 Å². The highest BCUT2D eigenvalue weighted by atomic mass is 16.6. The molecule has 0 N–H and O–H groups in total. The number of carbonyl (C=O) groups is 3. The molecule has 83 heavy (non-hydrogen) atoms. The second kappa shape index (κ2) is 71.6. The zero-order valence-corrected chi connectivity index (χ0v) is 55.7. The summed E-state index contributed by atoms with van der Waals surface area (Å²) in [4.78, 5) is 38.4. The first kappa shape index (κ1) is 80.1. The van der Waals surface area contributed by atoms with Crippen LogP contribution in [0.1, 0.15) is 393 Å². The summed E-state index contributed by atoms with van der Waals surface area (Å²) >= 11 is 0. The van der Waals surface area contributed by atoms with E-state index in [0.29, 0.717) is 19.3 Å². The van der Waals surface area contributed by atoms with Crippen molar-refractivity contribution in [2.45, 2.75) is 399 Å². The number of esters is 3. The Hall–Kier alpha value is -2.89. The predicted octanol–water partition coefficient (Wildman–Crippen LogP) is 25.5. The number of hydrogen-bond donors (Lipinski definition) is 0. The molecular weight excluding hydrogens is 1020 g/mol. The van der Waals surface area contributed by atoms with Gasteiger partial charge in [-0.25, -0.2) is 0 Å². The van der Waals surface area contributed by atoms with Gasteiger partial charge in [-0.15, -0.1) is 0 Å². The van der Waals surface area contributed by atoms with Crippen molar-refractivity contribution in [2.75, 3.05) is 13.2 Å². The first-order valence-electron chi connectivity index (χ1n) is 36.8. The summed E-state index contributed by atoms with van der Waals surface area (Å²) in [5, 5.41) is 0. The van der Waals surface area contributed by atoms with Crippen LogP contribution in [0, 0.1) is 0 Å². The van der Waals surface area contributed by atoms with Crippen molar-refractivity contribution in [3.05, 3.63) is 60.8 Å². The van der Waals surface area contributed by atoms with Gasteiger partial charge in [0.15, 0.2) is 6.10 Å². The molecule has 0 spiro atoms. The van der Waals surface area contributed by atoms with Crippen LogP contribution in [0.2, 0.25) is 0 Å². The molecule has 1 atom stereocenters. The van der Waals surface area contributed by atoms with Crippen molar-refractivity contribution >= 4 is 17.9 Å². The van der Waals surface area contributed by atoms with Gasteiger partial charge in [-0.1, -0.05) is 332 Å². The van der Waals surface area contributed by atoms with Crippen LogP contribution in [0.4, 0.5) is 0 Å². The van der Waals surface area contributed by atoms with Crippen molar-refractivity contribution in [3.63, 3.8) is 0 Å². The largest absolute Gasteiger partial charge is 0.462 e. The lowest BCUT2D eigenvalue weighted by Gasteiger charge is -2.18. The van der Waals surface area contributed by atoms with Crippen molar-refractivity contribution in [1.82, 2.24) is 0 Å². The molecule has 0 heterocycles. The molecule has 0 amide bonds. The number of rotatable bonds is 68. The molecule has 0 aliphatic carbocycles. The third-order valence-electron chi connectivity index (χ3n) is 16.4. The second-order valence-corrected chi connectivity index (χ2v) is 24.8. The summed E-state index contributed by atoms with van der Waals surface area (Å²) in [6, 6.07) is 0. The lowest BCUT2D eigenvalue weighted by atomic mass is 10.0. The molecule has 0 saturated carbocycles. The number of hydrogen-bond acceptors (Lipinski definition) is 6. The van der Waals surface area contributed by atoms with Crippen molar-refractivity contribution in [3.8, 4) is 0 Å². The molecule has 0 aromatic carbocycles. The highest BCUT2D eigenvalue weighted by Crippen LogP contribution is 2.18. The molecule has 0 saturated heterocycles. The fourth-order valence-corrected chi connectivity index (χ4v) is 10.9. The van der Waals surface area contributed by atoms with Gasteiger partial charge in [0.25, 0.3) is 0 Å². The van der Waals surface area contributed by atoms with Gasteiger partial charge in [0.1, 0.15) is 13.2 Å². The number of unbranched alkanes of at least 4 members (excludes halogenated alkanes) is 47. The van der Waals surface area contributed by atoms with E-state index in [-0.39, 0.29) is 31.1 Å². The number of ether oxygens (including phenoxy) is 3. The molecule has 1 unspecified atom stereocenters. The van der Waals surface area contributed by atoms with Crippen molar-refractivity contribution in [1.29, 1.82) is 0 Å². The van der Waals surface area contributed by atoms with Gasteiger partial charge in [-0.2, -0.15) is 0 Å². The van der Waals surface area contributed by atoms with Gasteiger partial charge in [0, 0.05) is 19.3 Å². The maximum Gasteiger partial charge on any atom is 0.306 e. The van der Waals surface area contributed by atoms with E-state index in [9.17, 15) is 14.4 Å². The summed E-state index contributed by atoms with van der Waals surface area (Å²) < 4.78 is 17.0. The summed E-state index contributed by atoms with van der Waals surface area (Å²) in [6.07, 6.45) is 92.7. The van der Waals surface area contributed by atoms with Crippen LogP contribution in [0.15, 0.2) is 60.8 Å². The van der Waals surface area contributed by atoms with Gasteiger partial charge >= 0.3 is 17.9 Å². The van der Waals surface area contributed by atoms with E-state index in [2.05, 4.69) is 81.5 Å². The van der Waals surface area contributed by atoms with E-state index in [1.807, 2.05) is 0 Å². The predicted molar refractivity (Wildman–Crippen MR) is 362 cm³/mol. The van der Waals surface area contributed by atoms with E-state index in [1.165, 1.54) is 263 Å². The SMILES string of the molecule is CCC/C=C\C/C=C\CCCCCCCC(=O)OCC(COC(=O)CCCCCCCCCCCCCCCCCCC/C=C\CCCCCCCCCC)OC(=O)CCCCCCCCCCCCC/C=C\C/C=C\CCCCCCC. The maximum atomic E-state index is 13.0. The highest BCUT2D eigenvalue weighted by Gasteiger charge is 2.19. The smallest absolute Gasteiger partial charge is 0.306 e. The van der Waals surface area contributed by atoms with Crippen LogP contribution in [0.3, 0.4) is 0 Å². The Kier molecular flexibility index (Phi) is 69.1. The molecular formula is C77H140O6. The minimum Gasteiger partial charge on any atom is -0.462 e. The Labute approximate surface area is 517 Å². The van der Waals surface area contributed by atoms with Crippen molar-refractivity contribution in [2.24, 2.45) is 0 Å². The van der Waals surface area contributed by atoms with Gasteiger partial charge < -0.3 is 14.2 Å². The Morgan fingerprint density at radius 1 is 0.241 bits per heavy atom. The van der Waals surface area contributed by atoms with E-state index in [0.717, 1.165) is 89.9 Å². The van der Waals surface area contributed by atoms with Crippen LogP contribution in [-0.4, -0.2) is 37.2 Å². The van der Waals surface area contributed by atoms with Crippen LogP contribution in [0.5, 0.6) is 0 Å². The molecule has 0 fully saturated rings. The monoisotopic (exact) mass is 1160 g/mol. The maximum absolute atomic E-state index is 13.0. The third kappa shape index (κ3) is 69.8. The quantitative estimate of drug-likeness (QED) is 0.0261. The molecule has 484 valence electrons. The van der Waals surface area contributed by atoms with E-state index < -0.39 is 6.10 Å². The number of carbonyl (C=O) groups excluding carboxylic acids is 3. The minimum absolute atomic E-state index is 0.0761. The first-order chi connectivity index (χ1) is 41.0. The molecule has 0 radical (unpaired) electrons. The van der Waals surface area contributed by atoms with Gasteiger partial charge in [-0.05, 0) is 103 Å². The topological polar surface area (TPSA) is 78.9 Å². The van der Waals surface area contributed by atoms with Gasteiger partial charge in [0.05, 0.1) is 0 Å². The summed E-state index contributed by atoms with van der Waals surface area (Å²) in [6.45, 7) is 6.61. The first-order valence-corrected chi connectivity index (χ1v) is 36.8.